The SMILES string of the molecule is Cc1ccc(C)c2sc(N3CCN(C(=O)c4cccc(N5C(=O)CCC5=O)c4)CC3)nc12. The van der Waals surface area contributed by atoms with Gasteiger partial charge in [-0.15, -0.1) is 0 Å². The Morgan fingerprint density at radius 3 is 2.31 bits per heavy atom. The first kappa shape index (κ1) is 20.6. The van der Waals surface area contributed by atoms with Crippen LogP contribution in [0, 0.1) is 13.8 Å². The molecule has 0 spiro atoms. The maximum Gasteiger partial charge on any atom is 0.254 e. The lowest BCUT2D eigenvalue weighted by Gasteiger charge is -2.34. The van der Waals surface area contributed by atoms with Crippen LogP contribution in [0.4, 0.5) is 10.8 Å². The summed E-state index contributed by atoms with van der Waals surface area (Å²) >= 11 is 1.71. The van der Waals surface area contributed by atoms with E-state index < -0.39 is 0 Å². The van der Waals surface area contributed by atoms with Crippen LogP contribution in [0.15, 0.2) is 36.4 Å². The van der Waals surface area contributed by atoms with Gasteiger partial charge in [0, 0.05) is 44.6 Å². The van der Waals surface area contributed by atoms with Crippen LogP contribution in [-0.4, -0.2) is 53.8 Å². The van der Waals surface area contributed by atoms with Gasteiger partial charge >= 0.3 is 0 Å². The Balaban J connectivity index is 1.30. The first-order valence-electron chi connectivity index (χ1n) is 10.8. The molecular formula is C24H24N4O3S. The predicted octanol–water partition coefficient (Wildman–Crippen LogP) is 3.53. The second-order valence-electron chi connectivity index (χ2n) is 8.33. The van der Waals surface area contributed by atoms with Crippen LogP contribution in [0.5, 0.6) is 0 Å². The van der Waals surface area contributed by atoms with E-state index in [1.54, 1.807) is 35.6 Å². The van der Waals surface area contributed by atoms with Crippen molar-refractivity contribution in [1.82, 2.24) is 9.88 Å². The number of amides is 3. The van der Waals surface area contributed by atoms with E-state index in [0.717, 1.165) is 10.6 Å². The number of carbonyl (C=O) groups is 3. The van der Waals surface area contributed by atoms with Crippen molar-refractivity contribution in [2.75, 3.05) is 36.0 Å². The smallest absolute Gasteiger partial charge is 0.254 e. The van der Waals surface area contributed by atoms with E-state index in [1.165, 1.54) is 20.7 Å². The number of nitrogens with zero attached hydrogens (tertiary/aromatic N) is 4. The minimum Gasteiger partial charge on any atom is -0.345 e. The number of benzene rings is 2. The van der Waals surface area contributed by atoms with Gasteiger partial charge in [-0.1, -0.05) is 29.5 Å². The summed E-state index contributed by atoms with van der Waals surface area (Å²) < 4.78 is 1.22. The molecular weight excluding hydrogens is 424 g/mol. The molecule has 0 N–H and O–H groups in total. The Morgan fingerprint density at radius 1 is 0.938 bits per heavy atom. The molecule has 2 fully saturated rings. The molecule has 3 heterocycles. The molecule has 0 bridgehead atoms. The van der Waals surface area contributed by atoms with Gasteiger partial charge < -0.3 is 9.80 Å². The molecule has 2 saturated heterocycles. The fourth-order valence-electron chi connectivity index (χ4n) is 4.31. The molecule has 1 aromatic heterocycles. The third-order valence-electron chi connectivity index (χ3n) is 6.17. The summed E-state index contributed by atoms with van der Waals surface area (Å²) in [5, 5.41) is 0.998. The number of thiazole rings is 1. The van der Waals surface area contributed by atoms with Gasteiger partial charge in [0.15, 0.2) is 5.13 Å². The fourth-order valence-corrected chi connectivity index (χ4v) is 5.47. The highest BCUT2D eigenvalue weighted by molar-refractivity contribution is 7.22. The Hall–Kier alpha value is -3.26. The molecule has 5 rings (SSSR count). The van der Waals surface area contributed by atoms with E-state index in [0.29, 0.717) is 37.4 Å². The molecule has 32 heavy (non-hydrogen) atoms. The van der Waals surface area contributed by atoms with Crippen molar-refractivity contribution in [2.45, 2.75) is 26.7 Å². The van der Waals surface area contributed by atoms with Crippen LogP contribution in [0.25, 0.3) is 10.2 Å². The lowest BCUT2D eigenvalue weighted by atomic mass is 10.1. The van der Waals surface area contributed by atoms with Crippen molar-refractivity contribution in [1.29, 1.82) is 0 Å². The summed E-state index contributed by atoms with van der Waals surface area (Å²) in [5.74, 6) is -0.509. The highest BCUT2D eigenvalue weighted by Crippen LogP contribution is 2.33. The normalized spacial score (nSPS) is 17.0. The van der Waals surface area contributed by atoms with Crippen molar-refractivity contribution in [3.63, 3.8) is 0 Å². The van der Waals surface area contributed by atoms with Crippen molar-refractivity contribution >= 4 is 50.1 Å². The molecule has 0 atom stereocenters. The maximum absolute atomic E-state index is 13.1. The van der Waals surface area contributed by atoms with Crippen molar-refractivity contribution < 1.29 is 14.4 Å². The highest BCUT2D eigenvalue weighted by Gasteiger charge is 2.31. The average molecular weight is 449 g/mol. The molecule has 7 nitrogen and oxygen atoms in total. The van der Waals surface area contributed by atoms with E-state index in [4.69, 9.17) is 4.98 Å². The predicted molar refractivity (Wildman–Crippen MR) is 125 cm³/mol. The monoisotopic (exact) mass is 448 g/mol. The molecule has 0 aliphatic carbocycles. The van der Waals surface area contributed by atoms with Gasteiger partial charge in [-0.25, -0.2) is 4.98 Å². The van der Waals surface area contributed by atoms with Gasteiger partial charge in [0.05, 0.1) is 15.9 Å². The molecule has 2 aliphatic heterocycles. The van der Waals surface area contributed by atoms with Crippen LogP contribution < -0.4 is 9.80 Å². The molecule has 164 valence electrons. The van der Waals surface area contributed by atoms with Gasteiger partial charge in [-0.05, 0) is 43.2 Å². The van der Waals surface area contributed by atoms with Crippen molar-refractivity contribution in [3.05, 3.63) is 53.1 Å². The molecule has 2 aromatic carbocycles. The second-order valence-corrected chi connectivity index (χ2v) is 9.30. The largest absolute Gasteiger partial charge is 0.345 e. The number of imide groups is 1. The molecule has 0 saturated carbocycles. The zero-order valence-electron chi connectivity index (χ0n) is 18.1. The number of anilines is 2. The molecule has 0 radical (unpaired) electrons. The summed E-state index contributed by atoms with van der Waals surface area (Å²) in [7, 11) is 0. The maximum atomic E-state index is 13.1. The number of hydrogen-bond acceptors (Lipinski definition) is 6. The first-order chi connectivity index (χ1) is 15.4. The highest BCUT2D eigenvalue weighted by atomic mass is 32.1. The fraction of sp³-hybridized carbons (Fsp3) is 0.333. The Labute approximate surface area is 190 Å². The minimum atomic E-state index is -0.213. The molecule has 0 unspecified atom stereocenters. The Bertz CT molecular complexity index is 1190. The van der Waals surface area contributed by atoms with Crippen LogP contribution in [0.2, 0.25) is 0 Å². The number of rotatable bonds is 3. The number of aryl methyl sites for hydroxylation is 2. The van der Waals surface area contributed by atoms with Crippen molar-refractivity contribution in [2.24, 2.45) is 0 Å². The van der Waals surface area contributed by atoms with Crippen molar-refractivity contribution in [3.8, 4) is 0 Å². The zero-order valence-corrected chi connectivity index (χ0v) is 18.9. The molecule has 3 aromatic rings. The summed E-state index contributed by atoms with van der Waals surface area (Å²) in [4.78, 5) is 47.3. The third kappa shape index (κ3) is 3.54. The lowest BCUT2D eigenvalue weighted by Crippen LogP contribution is -2.48. The lowest BCUT2D eigenvalue weighted by molar-refractivity contribution is -0.121. The van der Waals surface area contributed by atoms with Crippen LogP contribution >= 0.6 is 11.3 Å². The Kier molecular flexibility index (Phi) is 5.17. The Morgan fingerprint density at radius 2 is 1.62 bits per heavy atom. The summed E-state index contributed by atoms with van der Waals surface area (Å²) in [5.41, 5.74) is 4.44. The van der Waals surface area contributed by atoms with Gasteiger partial charge in [0.1, 0.15) is 0 Å². The second kappa shape index (κ2) is 8.02. The van der Waals surface area contributed by atoms with Gasteiger partial charge in [-0.2, -0.15) is 0 Å². The molecule has 2 aliphatic rings. The standard InChI is InChI=1S/C24H24N4O3S/c1-15-6-7-16(2)22-21(15)25-24(32-22)27-12-10-26(11-13-27)23(31)17-4-3-5-18(14-17)28-19(29)8-9-20(28)30/h3-7,14H,8-13H2,1-2H3. The van der Waals surface area contributed by atoms with E-state index in [9.17, 15) is 14.4 Å². The minimum absolute atomic E-state index is 0.0819. The number of piperazine rings is 1. The van der Waals surface area contributed by atoms with Crippen LogP contribution in [0.1, 0.15) is 34.3 Å². The number of fused-ring (bicyclic) bond motifs is 1. The van der Waals surface area contributed by atoms with E-state index in [2.05, 4.69) is 30.9 Å². The third-order valence-corrected chi connectivity index (χ3v) is 7.42. The van der Waals surface area contributed by atoms with E-state index in [-0.39, 0.29) is 30.6 Å². The number of hydrogen-bond donors (Lipinski definition) is 0. The number of carbonyl (C=O) groups excluding carboxylic acids is 3. The average Bonchev–Trinajstić information content (AvgIpc) is 3.40. The first-order valence-corrected chi connectivity index (χ1v) is 11.6. The topological polar surface area (TPSA) is 73.8 Å². The summed E-state index contributed by atoms with van der Waals surface area (Å²) in [6.45, 7) is 6.81. The van der Waals surface area contributed by atoms with E-state index in [1.807, 2.05) is 4.90 Å². The van der Waals surface area contributed by atoms with E-state index >= 15 is 0 Å². The van der Waals surface area contributed by atoms with Crippen LogP contribution in [-0.2, 0) is 9.59 Å². The van der Waals surface area contributed by atoms with Gasteiger partial charge in [0.2, 0.25) is 11.8 Å². The summed E-state index contributed by atoms with van der Waals surface area (Å²) in [6, 6.07) is 11.1. The zero-order chi connectivity index (χ0) is 22.4. The van der Waals surface area contributed by atoms with Crippen LogP contribution in [0.3, 0.4) is 0 Å². The molecule has 3 amide bonds. The van der Waals surface area contributed by atoms with Gasteiger partial charge in [0.25, 0.3) is 5.91 Å². The number of aromatic nitrogens is 1. The summed E-state index contributed by atoms with van der Waals surface area (Å²) in [6.07, 6.45) is 0.452. The molecule has 8 heteroatoms. The van der Waals surface area contributed by atoms with Gasteiger partial charge in [-0.3, -0.25) is 19.3 Å². The quantitative estimate of drug-likeness (QED) is 0.573.